The van der Waals surface area contributed by atoms with Gasteiger partial charge in [0, 0.05) is 23.4 Å². The van der Waals surface area contributed by atoms with Crippen LogP contribution in [0.2, 0.25) is 0 Å². The molecule has 0 bridgehead atoms. The van der Waals surface area contributed by atoms with E-state index in [1.165, 1.54) is 24.3 Å². The Morgan fingerprint density at radius 3 is 2.54 bits per heavy atom. The summed E-state index contributed by atoms with van der Waals surface area (Å²) in [7, 11) is 0. The number of ether oxygens (including phenoxy) is 1. The number of carbonyl (C=O) groups is 1. The zero-order valence-corrected chi connectivity index (χ0v) is 15.2. The Bertz CT molecular complexity index is 806. The monoisotopic (exact) mass is 373 g/mol. The molecule has 0 saturated heterocycles. The Morgan fingerprint density at radius 2 is 1.92 bits per heavy atom. The lowest BCUT2D eigenvalue weighted by molar-refractivity contribution is -0.384. The molecule has 136 valence electrons. The Labute approximate surface area is 156 Å². The number of rotatable bonds is 6. The molecule has 0 aromatic heterocycles. The number of benzene rings is 2. The van der Waals surface area contributed by atoms with Crippen LogP contribution in [-0.2, 0) is 0 Å². The number of hydrogen-bond donors (Lipinski definition) is 2. The fraction of sp³-hybridized carbons (Fsp3) is 0.222. The summed E-state index contributed by atoms with van der Waals surface area (Å²) in [4.78, 5) is 22.4. The van der Waals surface area contributed by atoms with Crippen LogP contribution in [0.5, 0.6) is 5.75 Å². The molecule has 7 nitrogen and oxygen atoms in total. The first kappa shape index (κ1) is 19.3. The molecule has 0 aliphatic carbocycles. The number of nitro benzene ring substituents is 1. The lowest BCUT2D eigenvalue weighted by atomic mass is 10.2. The molecule has 0 aliphatic rings. The van der Waals surface area contributed by atoms with Crippen molar-refractivity contribution in [1.82, 2.24) is 5.32 Å². The van der Waals surface area contributed by atoms with Crippen molar-refractivity contribution in [2.45, 2.75) is 13.8 Å². The molecule has 1 amide bonds. The van der Waals surface area contributed by atoms with Gasteiger partial charge in [-0.1, -0.05) is 19.9 Å². The fourth-order valence-electron chi connectivity index (χ4n) is 2.00. The molecule has 8 heteroatoms. The van der Waals surface area contributed by atoms with E-state index in [-0.39, 0.29) is 16.4 Å². The second-order valence-electron chi connectivity index (χ2n) is 5.94. The van der Waals surface area contributed by atoms with E-state index < -0.39 is 10.8 Å². The van der Waals surface area contributed by atoms with E-state index in [1.807, 2.05) is 0 Å². The van der Waals surface area contributed by atoms with Crippen LogP contribution in [0.4, 0.5) is 11.4 Å². The Kier molecular flexibility index (Phi) is 6.62. The SMILES string of the molecule is CC(C)COc1ccc(NC(=S)NC(=O)c2cccc([N+](=O)[O-])c2)cc1. The second kappa shape index (κ2) is 8.91. The number of carbonyl (C=O) groups excluding carboxylic acids is 1. The van der Waals surface area contributed by atoms with Gasteiger partial charge in [0.15, 0.2) is 5.11 Å². The van der Waals surface area contributed by atoms with Crippen LogP contribution in [0.3, 0.4) is 0 Å². The predicted octanol–water partition coefficient (Wildman–Crippen LogP) is 3.76. The van der Waals surface area contributed by atoms with Crippen LogP contribution in [0.25, 0.3) is 0 Å². The number of thiocarbonyl (C=S) groups is 1. The zero-order valence-electron chi connectivity index (χ0n) is 14.4. The van der Waals surface area contributed by atoms with Gasteiger partial charge < -0.3 is 10.1 Å². The molecule has 0 fully saturated rings. The van der Waals surface area contributed by atoms with Crippen molar-refractivity contribution in [2.24, 2.45) is 5.92 Å². The average molecular weight is 373 g/mol. The van der Waals surface area contributed by atoms with Crippen molar-refractivity contribution in [1.29, 1.82) is 0 Å². The predicted molar refractivity (Wildman–Crippen MR) is 104 cm³/mol. The van der Waals surface area contributed by atoms with Crippen molar-refractivity contribution in [3.8, 4) is 5.75 Å². The van der Waals surface area contributed by atoms with Crippen molar-refractivity contribution >= 4 is 34.6 Å². The molecule has 0 saturated carbocycles. The summed E-state index contributed by atoms with van der Waals surface area (Å²) < 4.78 is 5.59. The van der Waals surface area contributed by atoms with Gasteiger partial charge >= 0.3 is 0 Å². The average Bonchev–Trinajstić information content (AvgIpc) is 2.61. The molecule has 2 aromatic carbocycles. The first-order valence-corrected chi connectivity index (χ1v) is 8.35. The molecule has 2 N–H and O–H groups in total. The highest BCUT2D eigenvalue weighted by atomic mass is 32.1. The topological polar surface area (TPSA) is 93.5 Å². The molecule has 2 aromatic rings. The number of nitro groups is 1. The summed E-state index contributed by atoms with van der Waals surface area (Å²) >= 11 is 5.11. The number of anilines is 1. The summed E-state index contributed by atoms with van der Waals surface area (Å²) in [6.45, 7) is 4.77. The minimum Gasteiger partial charge on any atom is -0.493 e. The van der Waals surface area contributed by atoms with E-state index in [0.29, 0.717) is 18.2 Å². The third kappa shape index (κ3) is 5.82. The lowest BCUT2D eigenvalue weighted by Crippen LogP contribution is -2.34. The molecule has 0 aliphatic heterocycles. The van der Waals surface area contributed by atoms with Crippen LogP contribution >= 0.6 is 12.2 Å². The number of nitrogens with zero attached hydrogens (tertiary/aromatic N) is 1. The number of nitrogens with one attached hydrogen (secondary N) is 2. The molecule has 26 heavy (non-hydrogen) atoms. The van der Waals surface area contributed by atoms with E-state index >= 15 is 0 Å². The van der Waals surface area contributed by atoms with Gasteiger partial charge in [-0.15, -0.1) is 0 Å². The van der Waals surface area contributed by atoms with E-state index in [9.17, 15) is 14.9 Å². The van der Waals surface area contributed by atoms with Gasteiger partial charge in [0.25, 0.3) is 11.6 Å². The van der Waals surface area contributed by atoms with Gasteiger partial charge in [-0.2, -0.15) is 0 Å². The van der Waals surface area contributed by atoms with Crippen molar-refractivity contribution < 1.29 is 14.5 Å². The molecule has 0 atom stereocenters. The van der Waals surface area contributed by atoms with E-state index in [1.54, 1.807) is 24.3 Å². The Hall–Kier alpha value is -3.00. The summed E-state index contributed by atoms with van der Waals surface area (Å²) in [6.07, 6.45) is 0. The lowest BCUT2D eigenvalue weighted by Gasteiger charge is -2.11. The van der Waals surface area contributed by atoms with Gasteiger partial charge in [-0.05, 0) is 48.5 Å². The standard InChI is InChI=1S/C18H19N3O4S/c1-12(2)11-25-16-8-6-14(7-9-16)19-18(26)20-17(22)13-4-3-5-15(10-13)21(23)24/h3-10,12H,11H2,1-2H3,(H2,19,20,22,26). The van der Waals surface area contributed by atoms with E-state index in [2.05, 4.69) is 24.5 Å². The number of non-ortho nitro benzene ring substituents is 1. The van der Waals surface area contributed by atoms with Crippen molar-refractivity contribution in [3.63, 3.8) is 0 Å². The normalized spacial score (nSPS) is 10.3. The van der Waals surface area contributed by atoms with E-state index in [4.69, 9.17) is 17.0 Å². The van der Waals surface area contributed by atoms with Crippen LogP contribution in [-0.4, -0.2) is 22.5 Å². The first-order valence-electron chi connectivity index (χ1n) is 7.95. The zero-order chi connectivity index (χ0) is 19.1. The third-order valence-electron chi connectivity index (χ3n) is 3.24. The molecular formula is C18H19N3O4S. The maximum absolute atomic E-state index is 12.1. The van der Waals surface area contributed by atoms with Gasteiger partial charge in [0.2, 0.25) is 0 Å². The van der Waals surface area contributed by atoms with Crippen LogP contribution in [0, 0.1) is 16.0 Å². The third-order valence-corrected chi connectivity index (χ3v) is 3.45. The van der Waals surface area contributed by atoms with Crippen molar-refractivity contribution in [3.05, 3.63) is 64.2 Å². The van der Waals surface area contributed by atoms with Gasteiger partial charge in [-0.25, -0.2) is 0 Å². The molecule has 0 radical (unpaired) electrons. The largest absolute Gasteiger partial charge is 0.493 e. The smallest absolute Gasteiger partial charge is 0.270 e. The first-order chi connectivity index (χ1) is 12.3. The summed E-state index contributed by atoms with van der Waals surface area (Å²) in [5, 5.41) is 16.2. The minimum atomic E-state index is -0.559. The van der Waals surface area contributed by atoms with Crippen LogP contribution in [0.1, 0.15) is 24.2 Å². The molecule has 0 unspecified atom stereocenters. The minimum absolute atomic E-state index is 0.0948. The maximum atomic E-state index is 12.1. The Balaban J connectivity index is 1.92. The molecule has 0 heterocycles. The number of hydrogen-bond acceptors (Lipinski definition) is 5. The van der Waals surface area contributed by atoms with Gasteiger partial charge in [0.05, 0.1) is 11.5 Å². The maximum Gasteiger partial charge on any atom is 0.270 e. The molecule has 2 rings (SSSR count). The van der Waals surface area contributed by atoms with Gasteiger partial charge in [0.1, 0.15) is 5.75 Å². The highest BCUT2D eigenvalue weighted by Crippen LogP contribution is 2.17. The summed E-state index contributed by atoms with van der Waals surface area (Å²) in [5.41, 5.74) is 0.681. The Morgan fingerprint density at radius 1 is 1.23 bits per heavy atom. The van der Waals surface area contributed by atoms with Gasteiger partial charge in [-0.3, -0.25) is 20.2 Å². The highest BCUT2D eigenvalue weighted by molar-refractivity contribution is 7.80. The summed E-state index contributed by atoms with van der Waals surface area (Å²) in [6, 6.07) is 12.6. The van der Waals surface area contributed by atoms with E-state index in [0.717, 1.165) is 5.75 Å². The fourth-order valence-corrected chi connectivity index (χ4v) is 2.21. The van der Waals surface area contributed by atoms with Crippen LogP contribution in [0.15, 0.2) is 48.5 Å². The second-order valence-corrected chi connectivity index (χ2v) is 6.35. The number of amides is 1. The quantitative estimate of drug-likeness (QED) is 0.455. The molecular weight excluding hydrogens is 354 g/mol. The van der Waals surface area contributed by atoms with Crippen molar-refractivity contribution in [2.75, 3.05) is 11.9 Å². The highest BCUT2D eigenvalue weighted by Gasteiger charge is 2.12. The summed E-state index contributed by atoms with van der Waals surface area (Å²) in [5.74, 6) is 0.656. The van der Waals surface area contributed by atoms with Crippen LogP contribution < -0.4 is 15.4 Å². The molecule has 0 spiro atoms.